The molecule has 0 unspecified atom stereocenters. The summed E-state index contributed by atoms with van der Waals surface area (Å²) in [7, 11) is -2.22. The maximum Gasteiger partial charge on any atom is 0.273 e. The third-order valence-corrected chi connectivity index (χ3v) is 4.33. The average Bonchev–Trinajstić information content (AvgIpc) is 2.90. The molecule has 0 aliphatic carbocycles. The van der Waals surface area contributed by atoms with E-state index in [0.29, 0.717) is 17.5 Å². The van der Waals surface area contributed by atoms with E-state index >= 15 is 0 Å². The Morgan fingerprint density at radius 1 is 1.40 bits per heavy atom. The topological polar surface area (TPSA) is 84.2 Å². The molecule has 0 aromatic carbocycles. The zero-order chi connectivity index (χ0) is 14.8. The van der Waals surface area contributed by atoms with Crippen molar-refractivity contribution in [1.82, 2.24) is 9.71 Å². The summed E-state index contributed by atoms with van der Waals surface area (Å²) in [5.74, 6) is 0.506. The van der Waals surface area contributed by atoms with Crippen LogP contribution < -0.4 is 10.0 Å². The van der Waals surface area contributed by atoms with Gasteiger partial charge >= 0.3 is 0 Å². The highest BCUT2D eigenvalue weighted by Crippen LogP contribution is 2.18. The van der Waals surface area contributed by atoms with Gasteiger partial charge < -0.3 is 9.73 Å². The van der Waals surface area contributed by atoms with Gasteiger partial charge in [0.05, 0.1) is 18.4 Å². The maximum absolute atomic E-state index is 11.5. The number of furan rings is 1. The molecule has 0 amide bonds. The Morgan fingerprint density at radius 3 is 2.80 bits per heavy atom. The van der Waals surface area contributed by atoms with Crippen LogP contribution in [0.3, 0.4) is 0 Å². The van der Waals surface area contributed by atoms with Crippen LogP contribution in [0, 0.1) is 6.92 Å². The fraction of sp³-hybridized carbons (Fsp3) is 0.250. The first-order chi connectivity index (χ1) is 9.42. The minimum Gasteiger partial charge on any atom is -0.446 e. The fourth-order valence-corrected chi connectivity index (χ4v) is 2.31. The standard InChI is InChI=1S/C12H14ClN3O3S/c1-8-5-9(6-16-12(8)13)15-7-10-3-4-11(19-10)20(17,18)14-2/h3-6,14-15H,7H2,1-2H3. The molecule has 2 rings (SSSR count). The van der Waals surface area contributed by atoms with Crippen LogP contribution >= 0.6 is 11.6 Å². The van der Waals surface area contributed by atoms with Gasteiger partial charge in [0.1, 0.15) is 10.9 Å². The molecule has 0 bridgehead atoms. The van der Waals surface area contributed by atoms with Crippen molar-refractivity contribution in [3.63, 3.8) is 0 Å². The first-order valence-electron chi connectivity index (χ1n) is 5.80. The van der Waals surface area contributed by atoms with Gasteiger partial charge in [-0.15, -0.1) is 0 Å². The molecule has 0 spiro atoms. The zero-order valence-electron chi connectivity index (χ0n) is 11.0. The quantitative estimate of drug-likeness (QED) is 0.826. The molecule has 6 nitrogen and oxygen atoms in total. The van der Waals surface area contributed by atoms with Crippen molar-refractivity contribution in [3.05, 3.63) is 40.9 Å². The van der Waals surface area contributed by atoms with Gasteiger partial charge in [-0.05, 0) is 37.7 Å². The molecule has 20 heavy (non-hydrogen) atoms. The molecule has 108 valence electrons. The van der Waals surface area contributed by atoms with E-state index in [1.165, 1.54) is 13.1 Å². The average molecular weight is 316 g/mol. The van der Waals surface area contributed by atoms with Crippen LogP contribution in [0.25, 0.3) is 0 Å². The first kappa shape index (κ1) is 14.8. The summed E-state index contributed by atoms with van der Waals surface area (Å²) >= 11 is 5.84. The molecule has 2 heterocycles. The Kier molecular flexibility index (Phi) is 4.32. The van der Waals surface area contributed by atoms with Crippen LogP contribution in [0.4, 0.5) is 5.69 Å². The fourth-order valence-electron chi connectivity index (χ4n) is 1.54. The van der Waals surface area contributed by atoms with E-state index in [9.17, 15) is 8.42 Å². The number of nitrogens with one attached hydrogen (secondary N) is 2. The lowest BCUT2D eigenvalue weighted by Gasteiger charge is -2.05. The van der Waals surface area contributed by atoms with E-state index in [0.717, 1.165) is 11.3 Å². The normalized spacial score (nSPS) is 11.6. The van der Waals surface area contributed by atoms with Gasteiger partial charge in [0, 0.05) is 0 Å². The van der Waals surface area contributed by atoms with Gasteiger partial charge in [-0.1, -0.05) is 11.6 Å². The lowest BCUT2D eigenvalue weighted by Crippen LogP contribution is -2.17. The second-order valence-corrected chi connectivity index (χ2v) is 6.29. The number of pyridine rings is 1. The molecule has 8 heteroatoms. The minimum absolute atomic E-state index is 0.109. The monoisotopic (exact) mass is 315 g/mol. The predicted molar refractivity (Wildman–Crippen MR) is 76.3 cm³/mol. The number of anilines is 1. The van der Waals surface area contributed by atoms with Crippen molar-refractivity contribution >= 4 is 27.3 Å². The zero-order valence-corrected chi connectivity index (χ0v) is 12.5. The van der Waals surface area contributed by atoms with Crippen molar-refractivity contribution in [1.29, 1.82) is 0 Å². The SMILES string of the molecule is CNS(=O)(=O)c1ccc(CNc2cnc(Cl)c(C)c2)o1. The van der Waals surface area contributed by atoms with Crippen molar-refractivity contribution in [2.45, 2.75) is 18.6 Å². The van der Waals surface area contributed by atoms with E-state index in [2.05, 4.69) is 15.0 Å². The number of aromatic nitrogens is 1. The van der Waals surface area contributed by atoms with Gasteiger partial charge in [-0.25, -0.2) is 18.1 Å². The van der Waals surface area contributed by atoms with Crippen LogP contribution in [0.1, 0.15) is 11.3 Å². The van der Waals surface area contributed by atoms with Gasteiger partial charge in [0.15, 0.2) is 0 Å². The summed E-state index contributed by atoms with van der Waals surface area (Å²) in [5.41, 5.74) is 1.64. The highest BCUT2D eigenvalue weighted by molar-refractivity contribution is 7.89. The summed E-state index contributed by atoms with van der Waals surface area (Å²) in [6.07, 6.45) is 1.60. The Bertz CT molecular complexity index is 712. The van der Waals surface area contributed by atoms with Crippen LogP contribution in [-0.4, -0.2) is 20.4 Å². The Morgan fingerprint density at radius 2 is 2.15 bits per heavy atom. The van der Waals surface area contributed by atoms with Crippen molar-refractivity contribution in [2.24, 2.45) is 0 Å². The van der Waals surface area contributed by atoms with Gasteiger partial charge in [-0.2, -0.15) is 0 Å². The Balaban J connectivity index is 2.06. The van der Waals surface area contributed by atoms with E-state index < -0.39 is 10.0 Å². The Labute approximate surface area is 122 Å². The molecule has 0 saturated carbocycles. The largest absolute Gasteiger partial charge is 0.446 e. The van der Waals surface area contributed by atoms with E-state index in [1.54, 1.807) is 12.3 Å². The third-order valence-electron chi connectivity index (χ3n) is 2.65. The molecular formula is C12H14ClN3O3S. The lowest BCUT2D eigenvalue weighted by molar-refractivity contribution is 0.417. The third kappa shape index (κ3) is 3.30. The number of hydrogen-bond donors (Lipinski definition) is 2. The molecule has 0 saturated heterocycles. The number of halogens is 1. The summed E-state index contributed by atoms with van der Waals surface area (Å²) in [6, 6.07) is 4.87. The molecule has 0 atom stereocenters. The van der Waals surface area contributed by atoms with Crippen LogP contribution in [0.5, 0.6) is 0 Å². The molecule has 0 aliphatic rings. The summed E-state index contributed by atoms with van der Waals surface area (Å²) in [4.78, 5) is 4.02. The van der Waals surface area contributed by atoms with E-state index in [1.807, 2.05) is 13.0 Å². The predicted octanol–water partition coefficient (Wildman–Crippen LogP) is 2.16. The molecule has 0 aliphatic heterocycles. The highest BCUT2D eigenvalue weighted by Gasteiger charge is 2.16. The second-order valence-electron chi connectivity index (χ2n) is 4.11. The number of hydrogen-bond acceptors (Lipinski definition) is 5. The lowest BCUT2D eigenvalue weighted by atomic mass is 10.3. The Hall–Kier alpha value is -1.57. The number of nitrogens with zero attached hydrogens (tertiary/aromatic N) is 1. The smallest absolute Gasteiger partial charge is 0.273 e. The van der Waals surface area contributed by atoms with Crippen molar-refractivity contribution in [2.75, 3.05) is 12.4 Å². The van der Waals surface area contributed by atoms with E-state index in [-0.39, 0.29) is 5.09 Å². The van der Waals surface area contributed by atoms with Gasteiger partial charge in [-0.3, -0.25) is 0 Å². The molecular weight excluding hydrogens is 302 g/mol. The van der Waals surface area contributed by atoms with E-state index in [4.69, 9.17) is 16.0 Å². The molecule has 2 aromatic heterocycles. The van der Waals surface area contributed by atoms with Crippen LogP contribution in [-0.2, 0) is 16.6 Å². The second kappa shape index (κ2) is 5.82. The summed E-state index contributed by atoms with van der Waals surface area (Å²) in [5, 5.41) is 3.43. The van der Waals surface area contributed by atoms with Gasteiger partial charge in [0.2, 0.25) is 5.09 Å². The minimum atomic E-state index is -3.55. The number of aryl methyl sites for hydroxylation is 1. The van der Waals surface area contributed by atoms with Crippen LogP contribution in [0.15, 0.2) is 33.9 Å². The first-order valence-corrected chi connectivity index (χ1v) is 7.67. The number of rotatable bonds is 5. The number of sulfonamides is 1. The molecule has 0 fully saturated rings. The highest BCUT2D eigenvalue weighted by atomic mass is 35.5. The maximum atomic E-state index is 11.5. The van der Waals surface area contributed by atoms with Gasteiger partial charge in [0.25, 0.3) is 10.0 Å². The van der Waals surface area contributed by atoms with Crippen molar-refractivity contribution < 1.29 is 12.8 Å². The van der Waals surface area contributed by atoms with Crippen molar-refractivity contribution in [3.8, 4) is 0 Å². The van der Waals surface area contributed by atoms with Crippen LogP contribution in [0.2, 0.25) is 5.15 Å². The molecule has 2 N–H and O–H groups in total. The summed E-state index contributed by atoms with van der Waals surface area (Å²) < 4.78 is 30.5. The summed E-state index contributed by atoms with van der Waals surface area (Å²) in [6.45, 7) is 2.20. The molecule has 0 radical (unpaired) electrons. The molecule has 2 aromatic rings.